The number of hydrogen-bond donors (Lipinski definition) is 1. The average Bonchev–Trinajstić information content (AvgIpc) is 2.41. The van der Waals surface area contributed by atoms with Gasteiger partial charge in [0.1, 0.15) is 5.82 Å². The van der Waals surface area contributed by atoms with Crippen molar-refractivity contribution < 1.29 is 4.39 Å². The van der Waals surface area contributed by atoms with E-state index in [0.29, 0.717) is 10.0 Å². The van der Waals surface area contributed by atoms with Gasteiger partial charge in [0.15, 0.2) is 0 Å². The monoisotopic (exact) mass is 419 g/mol. The summed E-state index contributed by atoms with van der Waals surface area (Å²) in [6.45, 7) is 3.97. The average molecular weight is 422 g/mol. The molecule has 0 saturated heterocycles. The van der Waals surface area contributed by atoms with Gasteiger partial charge in [-0.05, 0) is 52.5 Å². The van der Waals surface area contributed by atoms with Crippen LogP contribution in [0, 0.1) is 19.7 Å². The second kappa shape index (κ2) is 6.14. The van der Waals surface area contributed by atoms with Crippen LogP contribution < -0.4 is 5.73 Å². The normalized spacial score (nSPS) is 12.6. The third-order valence-corrected chi connectivity index (χ3v) is 5.73. The Morgan fingerprint density at radius 1 is 1.15 bits per heavy atom. The van der Waals surface area contributed by atoms with Gasteiger partial charge >= 0.3 is 0 Å². The van der Waals surface area contributed by atoms with Crippen LogP contribution in [0.3, 0.4) is 0 Å². The van der Waals surface area contributed by atoms with Crippen molar-refractivity contribution in [2.45, 2.75) is 19.9 Å². The second-order valence-corrected chi connectivity index (χ2v) is 6.74. The molecule has 2 rings (SSSR count). The summed E-state index contributed by atoms with van der Waals surface area (Å²) in [7, 11) is 0. The highest BCUT2D eigenvalue weighted by Crippen LogP contribution is 2.33. The lowest BCUT2D eigenvalue weighted by molar-refractivity contribution is 0.599. The van der Waals surface area contributed by atoms with E-state index < -0.39 is 11.9 Å². The largest absolute Gasteiger partial charge is 0.320 e. The molecule has 5 heteroatoms. The van der Waals surface area contributed by atoms with E-state index in [1.165, 1.54) is 0 Å². The minimum absolute atomic E-state index is 0.0588. The second-order valence-electron chi connectivity index (χ2n) is 4.71. The van der Waals surface area contributed by atoms with Gasteiger partial charge in [-0.15, -0.1) is 0 Å². The van der Waals surface area contributed by atoms with Crippen LogP contribution in [0.2, 0.25) is 5.02 Å². The van der Waals surface area contributed by atoms with Crippen LogP contribution in [-0.2, 0) is 0 Å². The van der Waals surface area contributed by atoms with Crippen LogP contribution in [-0.4, -0.2) is 0 Å². The van der Waals surface area contributed by atoms with Crippen molar-refractivity contribution in [3.05, 3.63) is 66.3 Å². The van der Waals surface area contributed by atoms with E-state index in [2.05, 4.69) is 31.9 Å². The molecule has 0 saturated carbocycles. The van der Waals surface area contributed by atoms with Gasteiger partial charge in [0, 0.05) is 14.5 Å². The zero-order valence-electron chi connectivity index (χ0n) is 11.0. The molecule has 0 amide bonds. The van der Waals surface area contributed by atoms with Crippen molar-refractivity contribution in [1.29, 1.82) is 0 Å². The molecule has 2 N–H and O–H groups in total. The zero-order chi connectivity index (χ0) is 15.0. The lowest BCUT2D eigenvalue weighted by atomic mass is 9.96. The molecule has 1 unspecified atom stereocenters. The van der Waals surface area contributed by atoms with Crippen LogP contribution in [0.15, 0.2) is 33.2 Å². The summed E-state index contributed by atoms with van der Waals surface area (Å²) in [5.41, 5.74) is 9.58. The lowest BCUT2D eigenvalue weighted by Gasteiger charge is -2.17. The molecule has 1 atom stereocenters. The summed E-state index contributed by atoms with van der Waals surface area (Å²) in [4.78, 5) is 0. The number of nitrogens with two attached hydrogens (primary N) is 1. The summed E-state index contributed by atoms with van der Waals surface area (Å²) in [6.07, 6.45) is 0. The number of benzene rings is 2. The highest BCUT2D eigenvalue weighted by atomic mass is 79.9. The first-order chi connectivity index (χ1) is 9.32. The maximum atomic E-state index is 14.2. The number of halogens is 4. The topological polar surface area (TPSA) is 26.0 Å². The van der Waals surface area contributed by atoms with Crippen molar-refractivity contribution in [2.75, 3.05) is 0 Å². The SMILES string of the molecule is Cc1cc(C(N)c2ccc(Br)c(Cl)c2F)cc(C)c1Br. The Kier molecular flexibility index (Phi) is 4.90. The molecule has 20 heavy (non-hydrogen) atoms. The summed E-state index contributed by atoms with van der Waals surface area (Å²) >= 11 is 12.6. The molecule has 0 bridgehead atoms. The Balaban J connectivity index is 2.52. The number of hydrogen-bond acceptors (Lipinski definition) is 1. The summed E-state index contributed by atoms with van der Waals surface area (Å²) < 4.78 is 15.8. The molecular formula is C15H13Br2ClFN. The molecule has 0 aliphatic heterocycles. The molecule has 106 valence electrons. The van der Waals surface area contributed by atoms with Gasteiger partial charge in [0.25, 0.3) is 0 Å². The van der Waals surface area contributed by atoms with Gasteiger partial charge in [0.2, 0.25) is 0 Å². The third kappa shape index (κ3) is 2.93. The zero-order valence-corrected chi connectivity index (χ0v) is 14.9. The lowest BCUT2D eigenvalue weighted by Crippen LogP contribution is -2.14. The Hall–Kier alpha value is -0.420. The van der Waals surface area contributed by atoms with Crippen LogP contribution in [0.5, 0.6) is 0 Å². The minimum Gasteiger partial charge on any atom is -0.320 e. The van der Waals surface area contributed by atoms with Gasteiger partial charge in [-0.1, -0.05) is 45.7 Å². The molecule has 0 spiro atoms. The van der Waals surface area contributed by atoms with Gasteiger partial charge in [-0.2, -0.15) is 0 Å². The van der Waals surface area contributed by atoms with E-state index >= 15 is 0 Å². The molecular weight excluding hydrogens is 408 g/mol. The number of aryl methyl sites for hydroxylation is 2. The van der Waals surface area contributed by atoms with Crippen LogP contribution in [0.4, 0.5) is 4.39 Å². The van der Waals surface area contributed by atoms with Gasteiger partial charge in [-0.25, -0.2) is 4.39 Å². The number of rotatable bonds is 2. The first-order valence-corrected chi connectivity index (χ1v) is 7.95. The predicted molar refractivity (Wildman–Crippen MR) is 88.8 cm³/mol. The van der Waals surface area contributed by atoms with E-state index in [0.717, 1.165) is 21.2 Å². The Bertz CT molecular complexity index is 650. The van der Waals surface area contributed by atoms with E-state index in [4.69, 9.17) is 17.3 Å². The maximum Gasteiger partial charge on any atom is 0.148 e. The first-order valence-electron chi connectivity index (χ1n) is 5.98. The van der Waals surface area contributed by atoms with Crippen molar-refractivity contribution in [1.82, 2.24) is 0 Å². The quantitative estimate of drug-likeness (QED) is 0.622. The minimum atomic E-state index is -0.550. The molecule has 2 aromatic rings. The van der Waals surface area contributed by atoms with Crippen molar-refractivity contribution in [2.24, 2.45) is 5.73 Å². The summed E-state index contributed by atoms with van der Waals surface area (Å²) in [6, 6.07) is 6.72. The molecule has 0 aliphatic carbocycles. The Morgan fingerprint density at radius 2 is 1.70 bits per heavy atom. The van der Waals surface area contributed by atoms with E-state index in [9.17, 15) is 4.39 Å². The smallest absolute Gasteiger partial charge is 0.148 e. The molecule has 2 aromatic carbocycles. The van der Waals surface area contributed by atoms with E-state index in [-0.39, 0.29) is 5.02 Å². The molecule has 0 heterocycles. The molecule has 1 nitrogen and oxygen atoms in total. The molecule has 0 radical (unpaired) electrons. The fraction of sp³-hybridized carbons (Fsp3) is 0.200. The van der Waals surface area contributed by atoms with Crippen LogP contribution >= 0.6 is 43.5 Å². The molecule has 0 fully saturated rings. The van der Waals surface area contributed by atoms with Gasteiger partial charge in [-0.3, -0.25) is 0 Å². The predicted octanol–water partition coefficient (Wildman–Crippen LogP) is 5.67. The van der Waals surface area contributed by atoms with E-state index in [1.807, 2.05) is 26.0 Å². The fourth-order valence-electron chi connectivity index (χ4n) is 2.12. The Morgan fingerprint density at radius 3 is 2.25 bits per heavy atom. The standard InChI is InChI=1S/C15H13Br2ClFN/c1-7-5-9(6-8(2)12(7)17)15(20)10-3-4-11(16)13(18)14(10)19/h3-6,15H,20H2,1-2H3. The van der Waals surface area contributed by atoms with Gasteiger partial charge < -0.3 is 5.73 Å². The van der Waals surface area contributed by atoms with Crippen LogP contribution in [0.1, 0.15) is 28.3 Å². The van der Waals surface area contributed by atoms with Crippen molar-refractivity contribution in [3.8, 4) is 0 Å². The highest BCUT2D eigenvalue weighted by Gasteiger charge is 2.18. The van der Waals surface area contributed by atoms with Crippen LogP contribution in [0.25, 0.3) is 0 Å². The molecule has 0 aliphatic rings. The third-order valence-electron chi connectivity index (χ3n) is 3.22. The van der Waals surface area contributed by atoms with Crippen molar-refractivity contribution in [3.63, 3.8) is 0 Å². The van der Waals surface area contributed by atoms with Gasteiger partial charge in [0.05, 0.1) is 11.1 Å². The first kappa shape index (κ1) is 16.0. The summed E-state index contributed by atoms with van der Waals surface area (Å²) in [5.74, 6) is -0.480. The highest BCUT2D eigenvalue weighted by molar-refractivity contribution is 9.10. The molecule has 0 aromatic heterocycles. The fourth-order valence-corrected chi connectivity index (χ4v) is 2.83. The summed E-state index contributed by atoms with van der Waals surface area (Å²) in [5, 5.41) is 0.0588. The Labute approximate surface area is 139 Å². The van der Waals surface area contributed by atoms with Crippen molar-refractivity contribution >= 4 is 43.5 Å². The van der Waals surface area contributed by atoms with E-state index in [1.54, 1.807) is 12.1 Å². The maximum absolute atomic E-state index is 14.2.